The maximum absolute atomic E-state index is 2.20. The van der Waals surface area contributed by atoms with Gasteiger partial charge in [-0.3, -0.25) is 0 Å². The highest BCUT2D eigenvalue weighted by atomic mass is 14.0. The highest BCUT2D eigenvalue weighted by Gasteiger charge is 1.93. The van der Waals surface area contributed by atoms with E-state index in [1.54, 1.807) is 0 Å². The Hall–Kier alpha value is -1.56. The summed E-state index contributed by atoms with van der Waals surface area (Å²) in [6, 6.07) is 21.4. The van der Waals surface area contributed by atoms with Gasteiger partial charge in [0.1, 0.15) is 0 Å². The molecule has 0 atom stereocenters. The van der Waals surface area contributed by atoms with E-state index >= 15 is 0 Å². The number of hydrogen-bond acceptors (Lipinski definition) is 0. The molecule has 0 amide bonds. The molecule has 20 heavy (non-hydrogen) atoms. The van der Waals surface area contributed by atoms with Crippen molar-refractivity contribution < 1.29 is 0 Å². The maximum atomic E-state index is 2.20. The van der Waals surface area contributed by atoms with Crippen LogP contribution in [0.15, 0.2) is 60.7 Å². The van der Waals surface area contributed by atoms with Gasteiger partial charge in [-0.05, 0) is 30.4 Å². The van der Waals surface area contributed by atoms with Gasteiger partial charge >= 0.3 is 0 Å². The van der Waals surface area contributed by atoms with Gasteiger partial charge in [-0.25, -0.2) is 0 Å². The van der Waals surface area contributed by atoms with Crippen molar-refractivity contribution in [3.05, 3.63) is 71.8 Å². The minimum atomic E-state index is 0. The van der Waals surface area contributed by atoms with Crippen molar-refractivity contribution in [1.29, 1.82) is 0 Å². The number of benzene rings is 2. The van der Waals surface area contributed by atoms with Crippen molar-refractivity contribution in [2.24, 2.45) is 0 Å². The smallest absolute Gasteiger partial charge is 0.0276 e. The SMILES string of the molecule is C.CC.CC.c1ccc(CCCc2ccccc2)cc1. The molecule has 0 heterocycles. The lowest BCUT2D eigenvalue weighted by molar-refractivity contribution is 0.821. The molecular weight excluding hydrogens is 240 g/mol. The first-order valence-corrected chi connectivity index (χ1v) is 7.53. The Kier molecular flexibility index (Phi) is 16.1. The van der Waals surface area contributed by atoms with Gasteiger partial charge in [0.2, 0.25) is 0 Å². The Morgan fingerprint density at radius 3 is 1.15 bits per heavy atom. The lowest BCUT2D eigenvalue weighted by Crippen LogP contribution is -1.89. The summed E-state index contributed by atoms with van der Waals surface area (Å²) in [5.41, 5.74) is 2.88. The Balaban J connectivity index is 0. The average Bonchev–Trinajstić information content (AvgIpc) is 2.53. The van der Waals surface area contributed by atoms with Gasteiger partial charge < -0.3 is 0 Å². The summed E-state index contributed by atoms with van der Waals surface area (Å²) in [5, 5.41) is 0. The normalized spacial score (nSPS) is 8.20. The molecule has 0 N–H and O–H groups in total. The minimum Gasteiger partial charge on any atom is -0.0776 e. The molecule has 0 nitrogen and oxygen atoms in total. The summed E-state index contributed by atoms with van der Waals surface area (Å²) in [5.74, 6) is 0. The molecule has 0 bridgehead atoms. The fraction of sp³-hybridized carbons (Fsp3) is 0.400. The Labute approximate surface area is 126 Å². The zero-order valence-corrected chi connectivity index (χ0v) is 12.9. The van der Waals surface area contributed by atoms with Gasteiger partial charge in [-0.2, -0.15) is 0 Å². The fourth-order valence-corrected chi connectivity index (χ4v) is 1.79. The van der Waals surface area contributed by atoms with Gasteiger partial charge in [-0.15, -0.1) is 0 Å². The zero-order chi connectivity index (χ0) is 14.3. The summed E-state index contributed by atoms with van der Waals surface area (Å²) in [6.07, 6.45) is 3.58. The minimum absolute atomic E-state index is 0. The standard InChI is InChI=1S/C15H16.2C2H6.CH4/c1-3-8-14(9-4-1)12-7-13-15-10-5-2-6-11-15;2*1-2;/h1-6,8-11H,7,12-13H2;2*1-2H3;1H4. The predicted molar refractivity (Wildman–Crippen MR) is 94.3 cm³/mol. The summed E-state index contributed by atoms with van der Waals surface area (Å²) in [7, 11) is 0. The van der Waals surface area contributed by atoms with Crippen molar-refractivity contribution >= 4 is 0 Å². The van der Waals surface area contributed by atoms with Crippen molar-refractivity contribution in [3.63, 3.8) is 0 Å². The van der Waals surface area contributed by atoms with E-state index in [1.807, 2.05) is 27.7 Å². The second-order valence-electron chi connectivity index (χ2n) is 3.82. The Morgan fingerprint density at radius 1 is 0.550 bits per heavy atom. The molecule has 0 fully saturated rings. The third-order valence-electron chi connectivity index (χ3n) is 2.62. The summed E-state index contributed by atoms with van der Waals surface area (Å²) >= 11 is 0. The fourth-order valence-electron chi connectivity index (χ4n) is 1.79. The zero-order valence-electron chi connectivity index (χ0n) is 12.9. The second kappa shape index (κ2) is 15.5. The van der Waals surface area contributed by atoms with E-state index in [-0.39, 0.29) is 7.43 Å². The highest BCUT2D eigenvalue weighted by molar-refractivity contribution is 5.17. The molecule has 0 aromatic heterocycles. The van der Waals surface area contributed by atoms with E-state index in [0.717, 1.165) is 0 Å². The monoisotopic (exact) mass is 272 g/mol. The van der Waals surface area contributed by atoms with Crippen LogP contribution in [0.1, 0.15) is 52.7 Å². The van der Waals surface area contributed by atoms with Crippen LogP contribution in [0.3, 0.4) is 0 Å². The van der Waals surface area contributed by atoms with E-state index < -0.39 is 0 Å². The first kappa shape index (κ1) is 20.8. The molecule has 0 aliphatic carbocycles. The van der Waals surface area contributed by atoms with Crippen LogP contribution < -0.4 is 0 Å². The van der Waals surface area contributed by atoms with Crippen LogP contribution in [0.2, 0.25) is 0 Å². The van der Waals surface area contributed by atoms with Crippen molar-refractivity contribution in [1.82, 2.24) is 0 Å². The van der Waals surface area contributed by atoms with Crippen LogP contribution in [0.25, 0.3) is 0 Å². The average molecular weight is 272 g/mol. The van der Waals surface area contributed by atoms with Gasteiger partial charge in [0, 0.05) is 0 Å². The molecule has 0 saturated heterocycles. The lowest BCUT2D eigenvalue weighted by Gasteiger charge is -2.01. The number of rotatable bonds is 4. The Bertz CT molecular complexity index is 336. The van der Waals surface area contributed by atoms with Crippen molar-refractivity contribution in [2.45, 2.75) is 54.4 Å². The highest BCUT2D eigenvalue weighted by Crippen LogP contribution is 2.07. The molecule has 2 rings (SSSR count). The molecule has 2 aromatic rings. The number of hydrogen-bond donors (Lipinski definition) is 0. The second-order valence-corrected chi connectivity index (χ2v) is 3.82. The molecule has 0 unspecified atom stereocenters. The number of aryl methyl sites for hydroxylation is 2. The molecule has 112 valence electrons. The lowest BCUT2D eigenvalue weighted by atomic mass is 10.0. The summed E-state index contributed by atoms with van der Waals surface area (Å²) in [6.45, 7) is 8.00. The molecule has 0 saturated carbocycles. The molecule has 0 heteroatoms. The third-order valence-corrected chi connectivity index (χ3v) is 2.62. The molecular formula is C20H32. The summed E-state index contributed by atoms with van der Waals surface area (Å²) in [4.78, 5) is 0. The third kappa shape index (κ3) is 9.38. The van der Waals surface area contributed by atoms with Crippen molar-refractivity contribution in [3.8, 4) is 0 Å². The summed E-state index contributed by atoms with van der Waals surface area (Å²) < 4.78 is 0. The quantitative estimate of drug-likeness (QED) is 0.592. The van der Waals surface area contributed by atoms with Gasteiger partial charge in [0.25, 0.3) is 0 Å². The van der Waals surface area contributed by atoms with Crippen LogP contribution in [0.4, 0.5) is 0 Å². The molecule has 2 aromatic carbocycles. The van der Waals surface area contributed by atoms with E-state index in [1.165, 1.54) is 30.4 Å². The van der Waals surface area contributed by atoms with E-state index in [2.05, 4.69) is 60.7 Å². The molecule has 0 aliphatic heterocycles. The van der Waals surface area contributed by atoms with Gasteiger partial charge in [-0.1, -0.05) is 95.8 Å². The molecule has 0 radical (unpaired) electrons. The predicted octanol–water partition coefficient (Wildman–Crippen LogP) is 6.55. The van der Waals surface area contributed by atoms with Crippen LogP contribution in [0.5, 0.6) is 0 Å². The van der Waals surface area contributed by atoms with Crippen LogP contribution in [-0.2, 0) is 12.8 Å². The van der Waals surface area contributed by atoms with Gasteiger partial charge in [0.05, 0.1) is 0 Å². The largest absolute Gasteiger partial charge is 0.0776 e. The molecule has 0 spiro atoms. The van der Waals surface area contributed by atoms with Gasteiger partial charge in [0.15, 0.2) is 0 Å². The van der Waals surface area contributed by atoms with Crippen LogP contribution in [-0.4, -0.2) is 0 Å². The first-order chi connectivity index (χ1) is 9.45. The van der Waals surface area contributed by atoms with E-state index in [4.69, 9.17) is 0 Å². The topological polar surface area (TPSA) is 0 Å². The first-order valence-electron chi connectivity index (χ1n) is 7.53. The van der Waals surface area contributed by atoms with Crippen LogP contribution >= 0.6 is 0 Å². The van der Waals surface area contributed by atoms with Crippen LogP contribution in [0, 0.1) is 0 Å². The maximum Gasteiger partial charge on any atom is -0.0276 e. The van der Waals surface area contributed by atoms with E-state index in [9.17, 15) is 0 Å². The van der Waals surface area contributed by atoms with E-state index in [0.29, 0.717) is 0 Å². The molecule has 0 aliphatic rings. The Morgan fingerprint density at radius 2 is 0.850 bits per heavy atom. The van der Waals surface area contributed by atoms with Crippen molar-refractivity contribution in [2.75, 3.05) is 0 Å².